The number of nitrogens with one attached hydrogen (secondary N) is 1. The minimum atomic E-state index is -0.111. The first kappa shape index (κ1) is 22.9. The van der Waals surface area contributed by atoms with Gasteiger partial charge in [0.2, 0.25) is 5.91 Å². The third-order valence-corrected chi connectivity index (χ3v) is 7.57. The number of anilines is 3. The summed E-state index contributed by atoms with van der Waals surface area (Å²) in [5.74, 6) is 2.07. The van der Waals surface area contributed by atoms with E-state index in [4.69, 9.17) is 15.5 Å². The van der Waals surface area contributed by atoms with E-state index in [-0.39, 0.29) is 24.4 Å². The van der Waals surface area contributed by atoms with Crippen LogP contribution in [0, 0.1) is 11.8 Å². The Labute approximate surface area is 201 Å². The average molecular weight is 465 g/mol. The van der Waals surface area contributed by atoms with Gasteiger partial charge in [0.15, 0.2) is 11.6 Å². The Hall–Kier alpha value is -2.87. The fourth-order valence-corrected chi connectivity index (χ4v) is 5.74. The zero-order valence-electron chi connectivity index (χ0n) is 20.3. The number of amides is 1. The SMILES string of the molecule is CC[C@@H]1C[C@H](Oc2nc(N)c3c(n2)N(Cc2cccc(CN4CCCC4)c2)CC(=O)N3)CC1C. The molecule has 1 aromatic carbocycles. The van der Waals surface area contributed by atoms with E-state index in [1.54, 1.807) is 0 Å². The van der Waals surface area contributed by atoms with Crippen LogP contribution in [0.15, 0.2) is 24.3 Å². The zero-order valence-corrected chi connectivity index (χ0v) is 20.3. The second-order valence-electron chi connectivity index (χ2n) is 10.2. The number of fused-ring (bicyclic) bond motifs is 1. The number of hydrogen-bond donors (Lipinski definition) is 2. The maximum atomic E-state index is 12.4. The van der Waals surface area contributed by atoms with Gasteiger partial charge >= 0.3 is 6.01 Å². The minimum absolute atomic E-state index is 0.103. The van der Waals surface area contributed by atoms with Crippen LogP contribution in [-0.4, -0.2) is 46.5 Å². The van der Waals surface area contributed by atoms with Crippen LogP contribution in [0.3, 0.4) is 0 Å². The number of benzene rings is 1. The molecular weight excluding hydrogens is 428 g/mol. The summed E-state index contributed by atoms with van der Waals surface area (Å²) in [5, 5.41) is 2.85. The predicted octanol–water partition coefficient (Wildman–Crippen LogP) is 3.82. The molecular formula is C26H36N6O2. The van der Waals surface area contributed by atoms with Crippen LogP contribution in [-0.2, 0) is 17.9 Å². The standard InChI is InChI=1S/C26H36N6O2/c1-3-20-13-21(11-17(20)2)34-26-29-24(27)23-25(30-26)32(16-22(33)28-23)15-19-8-6-7-18(12-19)14-31-9-4-5-10-31/h6-8,12,17,20-21H,3-5,9-11,13-16H2,1-2H3,(H,28,33)(H2,27,29,30)/t17?,20-,21-/m1/s1. The normalized spacial score (nSPS) is 24.8. The second kappa shape index (κ2) is 9.78. The molecule has 182 valence electrons. The van der Waals surface area contributed by atoms with Crippen molar-refractivity contribution in [3.8, 4) is 6.01 Å². The highest BCUT2D eigenvalue weighted by molar-refractivity contribution is 6.03. The van der Waals surface area contributed by atoms with Crippen molar-refractivity contribution in [1.82, 2.24) is 14.9 Å². The highest BCUT2D eigenvalue weighted by Crippen LogP contribution is 2.38. The van der Waals surface area contributed by atoms with Crippen molar-refractivity contribution in [2.24, 2.45) is 11.8 Å². The molecule has 2 fully saturated rings. The number of rotatable bonds is 7. The summed E-state index contributed by atoms with van der Waals surface area (Å²) in [5.41, 5.74) is 9.17. The molecule has 3 atom stereocenters. The molecule has 1 aromatic heterocycles. The van der Waals surface area contributed by atoms with E-state index >= 15 is 0 Å². The van der Waals surface area contributed by atoms with E-state index in [1.807, 2.05) is 4.90 Å². The van der Waals surface area contributed by atoms with Gasteiger partial charge in [-0.05, 0) is 61.7 Å². The number of nitrogen functional groups attached to an aromatic ring is 1. The number of carbonyl (C=O) groups is 1. The number of nitrogens with zero attached hydrogens (tertiary/aromatic N) is 4. The average Bonchev–Trinajstić information content (AvgIpc) is 3.44. The molecule has 2 aromatic rings. The third-order valence-electron chi connectivity index (χ3n) is 7.57. The summed E-state index contributed by atoms with van der Waals surface area (Å²) < 4.78 is 6.20. The molecule has 1 aliphatic carbocycles. The summed E-state index contributed by atoms with van der Waals surface area (Å²) in [7, 11) is 0. The van der Waals surface area contributed by atoms with Crippen molar-refractivity contribution in [3.63, 3.8) is 0 Å². The van der Waals surface area contributed by atoms with Crippen LogP contribution >= 0.6 is 0 Å². The van der Waals surface area contributed by atoms with Gasteiger partial charge in [0.1, 0.15) is 11.8 Å². The van der Waals surface area contributed by atoms with Gasteiger partial charge in [-0.25, -0.2) is 0 Å². The summed E-state index contributed by atoms with van der Waals surface area (Å²) in [4.78, 5) is 26.0. The van der Waals surface area contributed by atoms with Gasteiger partial charge in [-0.15, -0.1) is 0 Å². The van der Waals surface area contributed by atoms with Gasteiger partial charge < -0.3 is 20.7 Å². The van der Waals surface area contributed by atoms with Gasteiger partial charge in [-0.1, -0.05) is 44.5 Å². The Bertz CT molecular complexity index is 1040. The Morgan fingerprint density at radius 2 is 1.91 bits per heavy atom. The van der Waals surface area contributed by atoms with E-state index in [0.29, 0.717) is 35.9 Å². The maximum absolute atomic E-state index is 12.4. The lowest BCUT2D eigenvalue weighted by atomic mass is 9.96. The number of likely N-dealkylation sites (tertiary alicyclic amines) is 1. The molecule has 0 spiro atoms. The van der Waals surface area contributed by atoms with Gasteiger partial charge in [0, 0.05) is 13.1 Å². The van der Waals surface area contributed by atoms with Gasteiger partial charge in [0.25, 0.3) is 0 Å². The largest absolute Gasteiger partial charge is 0.460 e. The second-order valence-corrected chi connectivity index (χ2v) is 10.2. The minimum Gasteiger partial charge on any atom is -0.460 e. The van der Waals surface area contributed by atoms with Crippen molar-refractivity contribution < 1.29 is 9.53 Å². The summed E-state index contributed by atoms with van der Waals surface area (Å²) in [6, 6.07) is 8.91. The van der Waals surface area contributed by atoms with E-state index in [0.717, 1.165) is 31.4 Å². The molecule has 8 heteroatoms. The summed E-state index contributed by atoms with van der Waals surface area (Å²) in [6.45, 7) is 8.62. The molecule has 3 N–H and O–H groups in total. The lowest BCUT2D eigenvalue weighted by molar-refractivity contribution is -0.115. The Balaban J connectivity index is 1.35. The molecule has 0 bridgehead atoms. The van der Waals surface area contributed by atoms with Crippen molar-refractivity contribution in [3.05, 3.63) is 35.4 Å². The number of hydrogen-bond acceptors (Lipinski definition) is 7. The number of ether oxygens (including phenoxy) is 1. The van der Waals surface area contributed by atoms with Crippen molar-refractivity contribution in [2.75, 3.05) is 35.6 Å². The first-order valence-corrected chi connectivity index (χ1v) is 12.7. The van der Waals surface area contributed by atoms with Crippen molar-refractivity contribution in [1.29, 1.82) is 0 Å². The van der Waals surface area contributed by atoms with E-state index in [2.05, 4.69) is 53.3 Å². The smallest absolute Gasteiger partial charge is 0.320 e. The summed E-state index contributed by atoms with van der Waals surface area (Å²) in [6.07, 6.45) is 5.84. The maximum Gasteiger partial charge on any atom is 0.320 e. The van der Waals surface area contributed by atoms with Crippen molar-refractivity contribution in [2.45, 2.75) is 65.1 Å². The lowest BCUT2D eigenvalue weighted by Gasteiger charge is -2.30. The Kier molecular flexibility index (Phi) is 6.59. The lowest BCUT2D eigenvalue weighted by Crippen LogP contribution is -2.39. The van der Waals surface area contributed by atoms with E-state index in [1.165, 1.54) is 31.5 Å². The Morgan fingerprint density at radius 1 is 1.15 bits per heavy atom. The molecule has 2 aliphatic heterocycles. The molecule has 1 unspecified atom stereocenters. The van der Waals surface area contributed by atoms with Crippen LogP contribution in [0.25, 0.3) is 0 Å². The first-order valence-electron chi connectivity index (χ1n) is 12.7. The molecule has 1 saturated carbocycles. The highest BCUT2D eigenvalue weighted by atomic mass is 16.5. The molecule has 8 nitrogen and oxygen atoms in total. The number of carbonyl (C=O) groups excluding carboxylic acids is 1. The highest BCUT2D eigenvalue weighted by Gasteiger charge is 2.33. The molecule has 5 rings (SSSR count). The first-order chi connectivity index (χ1) is 16.5. The van der Waals surface area contributed by atoms with Crippen LogP contribution in [0.5, 0.6) is 6.01 Å². The molecule has 1 amide bonds. The number of aromatic nitrogens is 2. The quantitative estimate of drug-likeness (QED) is 0.643. The van der Waals surface area contributed by atoms with E-state index in [9.17, 15) is 4.79 Å². The third kappa shape index (κ3) is 4.97. The Morgan fingerprint density at radius 3 is 2.65 bits per heavy atom. The molecule has 1 saturated heterocycles. The van der Waals surface area contributed by atoms with Crippen molar-refractivity contribution >= 4 is 23.2 Å². The molecule has 3 aliphatic rings. The van der Waals surface area contributed by atoms with Crippen LogP contribution in [0.4, 0.5) is 17.3 Å². The van der Waals surface area contributed by atoms with E-state index < -0.39 is 0 Å². The topological polar surface area (TPSA) is 96.6 Å². The van der Waals surface area contributed by atoms with Crippen LogP contribution in [0.1, 0.15) is 57.1 Å². The summed E-state index contributed by atoms with van der Waals surface area (Å²) >= 11 is 0. The zero-order chi connectivity index (χ0) is 23.7. The predicted molar refractivity (Wildman–Crippen MR) is 134 cm³/mol. The molecule has 34 heavy (non-hydrogen) atoms. The van der Waals surface area contributed by atoms with Gasteiger partial charge in [0.05, 0.1) is 6.54 Å². The number of nitrogens with two attached hydrogens (primary N) is 1. The van der Waals surface area contributed by atoms with Crippen LogP contribution < -0.4 is 20.7 Å². The fraction of sp³-hybridized carbons (Fsp3) is 0.577. The fourth-order valence-electron chi connectivity index (χ4n) is 5.74. The van der Waals surface area contributed by atoms with Gasteiger partial charge in [-0.3, -0.25) is 9.69 Å². The molecule has 3 heterocycles. The van der Waals surface area contributed by atoms with Gasteiger partial charge in [-0.2, -0.15) is 9.97 Å². The monoisotopic (exact) mass is 464 g/mol. The molecule has 0 radical (unpaired) electrons. The van der Waals surface area contributed by atoms with Crippen LogP contribution in [0.2, 0.25) is 0 Å².